The summed E-state index contributed by atoms with van der Waals surface area (Å²) in [5.74, 6) is -1.52. The highest BCUT2D eigenvalue weighted by atomic mass is 16.6. The lowest BCUT2D eigenvalue weighted by Crippen LogP contribution is -2.44. The summed E-state index contributed by atoms with van der Waals surface area (Å²) in [6.45, 7) is 0.577. The molecule has 3 heterocycles. The van der Waals surface area contributed by atoms with Crippen LogP contribution in [0.5, 0.6) is 23.3 Å². The number of methoxy groups -OCH3 is 2. The summed E-state index contributed by atoms with van der Waals surface area (Å²) in [4.78, 5) is 23.9. The summed E-state index contributed by atoms with van der Waals surface area (Å²) >= 11 is 0. The summed E-state index contributed by atoms with van der Waals surface area (Å²) in [6, 6.07) is 24.3. The fraction of sp³-hybridized carbons (Fsp3) is 0.273. The number of fused-ring (bicyclic) bond motifs is 5. The largest absolute Gasteiger partial charge is 0.497 e. The topological polar surface area (TPSA) is 146 Å². The second-order valence-corrected chi connectivity index (χ2v) is 10.6. The first-order valence-corrected chi connectivity index (χ1v) is 13.9. The van der Waals surface area contributed by atoms with Crippen molar-refractivity contribution >= 4 is 11.9 Å². The van der Waals surface area contributed by atoms with Gasteiger partial charge in [0.15, 0.2) is 6.10 Å². The Bertz CT molecular complexity index is 1630. The van der Waals surface area contributed by atoms with Crippen LogP contribution in [0, 0.1) is 0 Å². The monoisotopic (exact) mass is 601 g/mol. The van der Waals surface area contributed by atoms with Crippen LogP contribution in [0.25, 0.3) is 0 Å². The molecule has 6 rings (SSSR count). The van der Waals surface area contributed by atoms with Gasteiger partial charge < -0.3 is 39.0 Å². The molecule has 4 unspecified atom stereocenters. The Labute approximate surface area is 252 Å². The lowest BCUT2D eigenvalue weighted by molar-refractivity contribution is -0.162. The first kappa shape index (κ1) is 29.1. The Morgan fingerprint density at radius 2 is 1.25 bits per heavy atom. The lowest BCUT2D eigenvalue weighted by Gasteiger charge is -2.41. The van der Waals surface area contributed by atoms with Crippen molar-refractivity contribution in [2.45, 2.75) is 43.5 Å². The van der Waals surface area contributed by atoms with Crippen LogP contribution in [0.3, 0.4) is 0 Å². The highest BCUT2D eigenvalue weighted by molar-refractivity contribution is 5.69. The van der Waals surface area contributed by atoms with Crippen LogP contribution < -0.4 is 9.47 Å². The van der Waals surface area contributed by atoms with E-state index in [1.165, 1.54) is 6.92 Å². The fourth-order valence-corrected chi connectivity index (χ4v) is 6.28. The number of aromatic nitrogens is 1. The van der Waals surface area contributed by atoms with Gasteiger partial charge in [0.1, 0.15) is 42.0 Å². The molecule has 1 fully saturated rings. The summed E-state index contributed by atoms with van der Waals surface area (Å²) < 4.78 is 30.9. The maximum atomic E-state index is 12.4. The van der Waals surface area contributed by atoms with Crippen molar-refractivity contribution in [3.05, 3.63) is 107 Å². The van der Waals surface area contributed by atoms with E-state index in [9.17, 15) is 24.9 Å². The van der Waals surface area contributed by atoms with E-state index in [0.717, 1.165) is 21.3 Å². The van der Waals surface area contributed by atoms with Crippen molar-refractivity contribution in [2.24, 2.45) is 0 Å². The maximum Gasteiger partial charge on any atom is 0.323 e. The molecule has 4 aromatic rings. The Morgan fingerprint density at radius 1 is 0.773 bits per heavy atom. The molecule has 11 nitrogen and oxygen atoms in total. The molecule has 0 spiro atoms. The normalized spacial score (nSPS) is 20.2. The summed E-state index contributed by atoms with van der Waals surface area (Å²) in [7, 11) is 3.15. The fourth-order valence-electron chi connectivity index (χ4n) is 6.28. The number of ether oxygens (including phenoxy) is 5. The molecule has 2 aliphatic heterocycles. The van der Waals surface area contributed by atoms with Gasteiger partial charge in [-0.05, 0) is 41.0 Å². The van der Waals surface area contributed by atoms with Crippen molar-refractivity contribution in [3.8, 4) is 23.3 Å². The third-order valence-corrected chi connectivity index (χ3v) is 8.15. The third-order valence-electron chi connectivity index (χ3n) is 8.15. The summed E-state index contributed by atoms with van der Waals surface area (Å²) in [5, 5.41) is 31.5. The number of nitrogens with zero attached hydrogens (tertiary/aromatic N) is 1. The number of rotatable bonds is 10. The van der Waals surface area contributed by atoms with Crippen molar-refractivity contribution < 1.29 is 48.6 Å². The van der Waals surface area contributed by atoms with E-state index in [1.54, 1.807) is 14.2 Å². The first-order valence-electron chi connectivity index (χ1n) is 13.9. The van der Waals surface area contributed by atoms with Gasteiger partial charge in [-0.25, -0.2) is 0 Å². The van der Waals surface area contributed by atoms with Gasteiger partial charge in [-0.1, -0.05) is 54.6 Å². The van der Waals surface area contributed by atoms with Gasteiger partial charge in [-0.15, -0.1) is 0 Å². The van der Waals surface area contributed by atoms with Gasteiger partial charge in [0.2, 0.25) is 11.8 Å². The van der Waals surface area contributed by atoms with Gasteiger partial charge in [0, 0.05) is 6.92 Å². The number of carboxylic acid groups (broad SMARTS) is 1. The Hall–Kier alpha value is -5.00. The summed E-state index contributed by atoms with van der Waals surface area (Å²) in [5.41, 5.74) is 1.21. The van der Waals surface area contributed by atoms with Crippen LogP contribution in [0.15, 0.2) is 78.9 Å². The number of benzene rings is 3. The zero-order valence-corrected chi connectivity index (χ0v) is 24.2. The van der Waals surface area contributed by atoms with Crippen molar-refractivity contribution in [3.63, 3.8) is 0 Å². The molecule has 4 atom stereocenters. The second-order valence-electron chi connectivity index (χ2n) is 10.6. The van der Waals surface area contributed by atoms with E-state index in [-0.39, 0.29) is 11.1 Å². The highest BCUT2D eigenvalue weighted by Crippen LogP contribution is 2.61. The minimum Gasteiger partial charge on any atom is -0.497 e. The van der Waals surface area contributed by atoms with Gasteiger partial charge in [-0.2, -0.15) is 0 Å². The van der Waals surface area contributed by atoms with Crippen molar-refractivity contribution in [1.29, 1.82) is 0 Å². The standard InChI is InChI=1S/C33H31NO10/c1-18(35)42-29-27-25-26(32(39)34(31(25)38)17-24(36)37)28(43-27)30(29)44-33(19-7-5-4-6-8-19,20-9-13-22(40-2)14-10-20)21-11-15-23(41-3)16-12-21/h4-16,27-30,38-39H,17H2,1-3H3,(H,36,37). The van der Waals surface area contributed by atoms with Gasteiger partial charge in [0.25, 0.3) is 0 Å². The number of hydrogen-bond acceptors (Lipinski definition) is 9. The van der Waals surface area contributed by atoms with Crippen LogP contribution in [-0.2, 0) is 35.9 Å². The predicted molar refractivity (Wildman–Crippen MR) is 155 cm³/mol. The molecular formula is C33H31NO10. The minimum atomic E-state index is -1.32. The quantitative estimate of drug-likeness (QED) is 0.176. The molecule has 3 N–H and O–H groups in total. The second kappa shape index (κ2) is 11.3. The Balaban J connectivity index is 1.57. The van der Waals surface area contributed by atoms with Crippen molar-refractivity contribution in [1.82, 2.24) is 4.57 Å². The molecule has 0 radical (unpaired) electrons. The molecule has 1 aromatic heterocycles. The average Bonchev–Trinajstić information content (AvgIpc) is 3.65. The molecule has 228 valence electrons. The Kier molecular flexibility index (Phi) is 7.44. The van der Waals surface area contributed by atoms with E-state index < -0.39 is 60.3 Å². The number of hydrogen-bond donors (Lipinski definition) is 3. The maximum absolute atomic E-state index is 12.4. The molecule has 0 aliphatic carbocycles. The van der Waals surface area contributed by atoms with E-state index in [0.29, 0.717) is 11.5 Å². The summed E-state index contributed by atoms with van der Waals surface area (Å²) in [6.07, 6.45) is -4.09. The molecule has 1 saturated heterocycles. The van der Waals surface area contributed by atoms with Crippen LogP contribution in [0.2, 0.25) is 0 Å². The lowest BCUT2D eigenvalue weighted by atomic mass is 9.79. The molecular weight excluding hydrogens is 570 g/mol. The zero-order chi connectivity index (χ0) is 31.2. The van der Waals surface area contributed by atoms with E-state index in [1.807, 2.05) is 78.9 Å². The Morgan fingerprint density at radius 3 is 1.70 bits per heavy atom. The molecule has 44 heavy (non-hydrogen) atoms. The SMILES string of the molecule is COc1ccc(C(OC2C3OC(c4c3c(O)n(CC(=O)O)c4O)C2OC(C)=O)(c2ccccc2)c2ccc(OC)cc2)cc1. The molecule has 0 saturated carbocycles. The zero-order valence-electron chi connectivity index (χ0n) is 24.2. The smallest absolute Gasteiger partial charge is 0.323 e. The molecule has 11 heteroatoms. The van der Waals surface area contributed by atoms with Gasteiger partial charge >= 0.3 is 11.9 Å². The van der Waals surface area contributed by atoms with Crippen LogP contribution >= 0.6 is 0 Å². The minimum absolute atomic E-state index is 0.166. The third kappa shape index (κ3) is 4.61. The average molecular weight is 602 g/mol. The van der Waals surface area contributed by atoms with E-state index >= 15 is 0 Å². The number of carbonyl (C=O) groups is 2. The van der Waals surface area contributed by atoms with Gasteiger partial charge in [-0.3, -0.25) is 14.2 Å². The van der Waals surface area contributed by atoms with Crippen LogP contribution in [-0.4, -0.2) is 58.3 Å². The number of aromatic hydroxyl groups is 2. The van der Waals surface area contributed by atoms with Crippen LogP contribution in [0.4, 0.5) is 0 Å². The first-order chi connectivity index (χ1) is 21.2. The van der Waals surface area contributed by atoms with E-state index in [4.69, 9.17) is 23.7 Å². The molecule has 0 amide bonds. The molecule has 2 bridgehead atoms. The molecule has 2 aliphatic rings. The number of aliphatic carboxylic acids is 1. The van der Waals surface area contributed by atoms with Crippen LogP contribution in [0.1, 0.15) is 46.9 Å². The molecule has 3 aromatic carbocycles. The highest BCUT2D eigenvalue weighted by Gasteiger charge is 2.61. The number of carboxylic acids is 1. The van der Waals surface area contributed by atoms with E-state index in [2.05, 4.69) is 0 Å². The predicted octanol–water partition coefficient (Wildman–Crippen LogP) is 4.44. The van der Waals surface area contributed by atoms with Gasteiger partial charge in [0.05, 0.1) is 25.3 Å². The van der Waals surface area contributed by atoms with Crippen molar-refractivity contribution in [2.75, 3.05) is 14.2 Å². The number of esters is 1. The number of carbonyl (C=O) groups excluding carboxylic acids is 1.